The fourth-order valence-electron chi connectivity index (χ4n) is 2.52. The molecular weight excluding hydrogens is 467 g/mol. The van der Waals surface area contributed by atoms with Gasteiger partial charge in [-0.1, -0.05) is 29.8 Å². The zero-order valence-electron chi connectivity index (χ0n) is 16.8. The van der Waals surface area contributed by atoms with E-state index in [1.807, 2.05) is 0 Å². The monoisotopic (exact) mass is 483 g/mol. The molecule has 2 N–H and O–H groups in total. The molecule has 3 rings (SSSR count). The zero-order valence-corrected chi connectivity index (χ0v) is 17.6. The molecule has 0 fully saturated rings. The van der Waals surface area contributed by atoms with Crippen molar-refractivity contribution in [3.05, 3.63) is 77.0 Å². The molecule has 1 aromatic heterocycles. The Morgan fingerprint density at radius 2 is 1.70 bits per heavy atom. The van der Waals surface area contributed by atoms with Gasteiger partial charge in [0.05, 0.1) is 6.54 Å². The Morgan fingerprint density at radius 3 is 2.39 bits per heavy atom. The highest BCUT2D eigenvalue weighted by atomic mass is 35.5. The second-order valence-electron chi connectivity index (χ2n) is 6.49. The maximum absolute atomic E-state index is 12.2. The van der Waals surface area contributed by atoms with Crippen LogP contribution >= 0.6 is 11.6 Å². The summed E-state index contributed by atoms with van der Waals surface area (Å²) in [5, 5.41) is 5.67. The molecule has 0 spiro atoms. The van der Waals surface area contributed by atoms with Crippen LogP contribution in [0.25, 0.3) is 0 Å². The van der Waals surface area contributed by atoms with Crippen LogP contribution in [0.5, 0.6) is 11.5 Å². The van der Waals surface area contributed by atoms with E-state index in [0.29, 0.717) is 5.02 Å². The van der Waals surface area contributed by atoms with Crippen molar-refractivity contribution in [3.8, 4) is 11.5 Å². The SMILES string of the molecule is O=C(COc1ccc(OC(F)(F)F)cc1)NCc1nc(C(=O)NCc2ccccc2Cl)co1. The van der Waals surface area contributed by atoms with Crippen molar-refractivity contribution in [1.82, 2.24) is 15.6 Å². The number of amides is 2. The summed E-state index contributed by atoms with van der Waals surface area (Å²) in [5.41, 5.74) is 0.773. The molecule has 0 atom stereocenters. The smallest absolute Gasteiger partial charge is 0.484 e. The van der Waals surface area contributed by atoms with E-state index >= 15 is 0 Å². The highest BCUT2D eigenvalue weighted by Crippen LogP contribution is 2.24. The summed E-state index contributed by atoms with van der Waals surface area (Å²) >= 11 is 6.04. The number of aromatic nitrogens is 1. The minimum Gasteiger partial charge on any atom is -0.484 e. The fraction of sp³-hybridized carbons (Fsp3) is 0.190. The number of ether oxygens (including phenoxy) is 2. The van der Waals surface area contributed by atoms with Gasteiger partial charge in [0.1, 0.15) is 17.8 Å². The van der Waals surface area contributed by atoms with E-state index in [-0.39, 0.29) is 30.4 Å². The maximum Gasteiger partial charge on any atom is 0.573 e. The molecule has 0 radical (unpaired) electrons. The second-order valence-corrected chi connectivity index (χ2v) is 6.89. The van der Waals surface area contributed by atoms with Crippen molar-refractivity contribution < 1.29 is 36.7 Å². The third kappa shape index (κ3) is 7.72. The summed E-state index contributed by atoms with van der Waals surface area (Å²) in [6.45, 7) is -0.290. The molecule has 0 saturated heterocycles. The van der Waals surface area contributed by atoms with Crippen molar-refractivity contribution in [2.24, 2.45) is 0 Å². The summed E-state index contributed by atoms with van der Waals surface area (Å²) in [5.74, 6) is -1.14. The first-order valence-electron chi connectivity index (χ1n) is 9.41. The standard InChI is InChI=1S/C21H17ClF3N3O5/c22-16-4-2-1-3-13(16)9-27-20(30)17-11-32-19(28-17)10-26-18(29)12-31-14-5-7-15(8-6-14)33-21(23,24)25/h1-8,11H,9-10,12H2,(H,26,29)(H,27,30). The molecule has 12 heteroatoms. The number of halogens is 4. The van der Waals surface area contributed by atoms with Crippen molar-refractivity contribution in [2.45, 2.75) is 19.5 Å². The lowest BCUT2D eigenvalue weighted by molar-refractivity contribution is -0.274. The Morgan fingerprint density at radius 1 is 1.00 bits per heavy atom. The van der Waals surface area contributed by atoms with E-state index in [1.54, 1.807) is 24.3 Å². The van der Waals surface area contributed by atoms with Gasteiger partial charge in [0, 0.05) is 11.6 Å². The van der Waals surface area contributed by atoms with Gasteiger partial charge in [0.15, 0.2) is 12.3 Å². The Kier molecular flexibility index (Phi) is 7.78. The average Bonchev–Trinajstić information content (AvgIpc) is 3.25. The number of oxazole rings is 1. The van der Waals surface area contributed by atoms with Gasteiger partial charge in [-0.25, -0.2) is 4.98 Å². The summed E-state index contributed by atoms with van der Waals surface area (Å²) in [6.07, 6.45) is -3.64. The van der Waals surface area contributed by atoms with E-state index in [9.17, 15) is 22.8 Å². The molecule has 33 heavy (non-hydrogen) atoms. The van der Waals surface area contributed by atoms with Gasteiger partial charge in [0.2, 0.25) is 5.89 Å². The molecule has 0 unspecified atom stereocenters. The average molecular weight is 484 g/mol. The van der Waals surface area contributed by atoms with Crippen molar-refractivity contribution in [3.63, 3.8) is 0 Å². The molecule has 0 saturated carbocycles. The predicted octanol–water partition coefficient (Wildman–Crippen LogP) is 3.85. The number of nitrogens with zero attached hydrogens (tertiary/aromatic N) is 1. The molecule has 0 aliphatic carbocycles. The summed E-state index contributed by atoms with van der Waals surface area (Å²) in [6, 6.07) is 11.6. The van der Waals surface area contributed by atoms with Crippen molar-refractivity contribution >= 4 is 23.4 Å². The number of rotatable bonds is 9. The molecule has 2 aromatic carbocycles. The van der Waals surface area contributed by atoms with Crippen molar-refractivity contribution in [2.75, 3.05) is 6.61 Å². The van der Waals surface area contributed by atoms with Gasteiger partial charge in [0.25, 0.3) is 11.8 Å². The summed E-state index contributed by atoms with van der Waals surface area (Å²) < 4.78 is 50.5. The third-order valence-corrected chi connectivity index (χ3v) is 4.41. The Balaban J connectivity index is 1.41. The van der Waals surface area contributed by atoms with Crippen LogP contribution in [0, 0.1) is 0 Å². The number of alkyl halides is 3. The first-order chi connectivity index (χ1) is 15.7. The highest BCUT2D eigenvalue weighted by Gasteiger charge is 2.31. The van der Waals surface area contributed by atoms with Crippen LogP contribution in [0.15, 0.2) is 59.2 Å². The van der Waals surface area contributed by atoms with Crippen LogP contribution in [0.3, 0.4) is 0 Å². The Hall–Kier alpha value is -3.73. The van der Waals surface area contributed by atoms with Crippen LogP contribution in [0.1, 0.15) is 21.9 Å². The fourth-order valence-corrected chi connectivity index (χ4v) is 2.72. The molecule has 8 nitrogen and oxygen atoms in total. The van der Waals surface area contributed by atoms with Crippen LogP contribution in [-0.4, -0.2) is 29.8 Å². The number of carbonyl (C=O) groups is 2. The molecule has 0 aliphatic rings. The molecule has 1 heterocycles. The van der Waals surface area contributed by atoms with E-state index in [0.717, 1.165) is 24.0 Å². The lowest BCUT2D eigenvalue weighted by atomic mass is 10.2. The third-order valence-electron chi connectivity index (χ3n) is 4.05. The van der Waals surface area contributed by atoms with E-state index < -0.39 is 30.5 Å². The van der Waals surface area contributed by atoms with Gasteiger partial charge < -0.3 is 24.5 Å². The number of benzene rings is 2. The van der Waals surface area contributed by atoms with Crippen LogP contribution in [-0.2, 0) is 17.9 Å². The summed E-state index contributed by atoms with van der Waals surface area (Å²) in [7, 11) is 0. The minimum atomic E-state index is -4.79. The van der Waals surface area contributed by atoms with Crippen LogP contribution in [0.4, 0.5) is 13.2 Å². The predicted molar refractivity (Wildman–Crippen MR) is 110 cm³/mol. The van der Waals surface area contributed by atoms with E-state index in [4.69, 9.17) is 20.8 Å². The number of nitrogens with one attached hydrogen (secondary N) is 2. The minimum absolute atomic E-state index is 0.0312. The largest absolute Gasteiger partial charge is 0.573 e. The molecule has 174 valence electrons. The first kappa shape index (κ1) is 23.9. The molecular formula is C21H17ClF3N3O5. The van der Waals surface area contributed by atoms with Gasteiger partial charge in [-0.15, -0.1) is 13.2 Å². The van der Waals surface area contributed by atoms with Crippen LogP contribution in [0.2, 0.25) is 5.02 Å². The molecule has 0 aliphatic heterocycles. The Labute approximate surface area is 190 Å². The van der Waals surface area contributed by atoms with Gasteiger partial charge >= 0.3 is 6.36 Å². The lowest BCUT2D eigenvalue weighted by Gasteiger charge is -2.10. The molecule has 0 bridgehead atoms. The van der Waals surface area contributed by atoms with Gasteiger partial charge in [-0.2, -0.15) is 0 Å². The normalized spacial score (nSPS) is 11.0. The van der Waals surface area contributed by atoms with E-state index in [2.05, 4.69) is 20.4 Å². The highest BCUT2D eigenvalue weighted by molar-refractivity contribution is 6.31. The van der Waals surface area contributed by atoms with Crippen LogP contribution < -0.4 is 20.1 Å². The van der Waals surface area contributed by atoms with Gasteiger partial charge in [-0.05, 0) is 35.9 Å². The Bertz CT molecular complexity index is 1100. The topological polar surface area (TPSA) is 103 Å². The summed E-state index contributed by atoms with van der Waals surface area (Å²) in [4.78, 5) is 28.1. The zero-order chi connectivity index (χ0) is 23.8. The van der Waals surface area contributed by atoms with Gasteiger partial charge in [-0.3, -0.25) is 9.59 Å². The van der Waals surface area contributed by atoms with E-state index in [1.165, 1.54) is 12.1 Å². The van der Waals surface area contributed by atoms with Crippen molar-refractivity contribution in [1.29, 1.82) is 0 Å². The maximum atomic E-state index is 12.2. The number of hydrogen-bond acceptors (Lipinski definition) is 6. The molecule has 3 aromatic rings. The number of hydrogen-bond donors (Lipinski definition) is 2. The molecule has 2 amide bonds. The number of carbonyl (C=O) groups excluding carboxylic acids is 2. The lowest BCUT2D eigenvalue weighted by Crippen LogP contribution is -2.28. The first-order valence-corrected chi connectivity index (χ1v) is 9.79. The quantitative estimate of drug-likeness (QED) is 0.479. The second kappa shape index (κ2) is 10.7.